The Hall–Kier alpha value is -1.68. The fourth-order valence-corrected chi connectivity index (χ4v) is 5.59. The molecule has 0 saturated carbocycles. The van der Waals surface area contributed by atoms with E-state index in [9.17, 15) is 15.2 Å². The van der Waals surface area contributed by atoms with Gasteiger partial charge in [0.2, 0.25) is 0 Å². The molecule has 2 bridgehead atoms. The van der Waals surface area contributed by atoms with Crippen LogP contribution >= 0.6 is 0 Å². The second kappa shape index (κ2) is 9.44. The molecule has 0 aromatic heterocycles. The highest BCUT2D eigenvalue weighted by molar-refractivity contribution is 5.75. The zero-order valence-corrected chi connectivity index (χ0v) is 19.6. The van der Waals surface area contributed by atoms with Crippen molar-refractivity contribution in [2.24, 2.45) is 29.6 Å². The lowest BCUT2D eigenvalue weighted by molar-refractivity contribution is -0.165. The Kier molecular flexibility index (Phi) is 7.30. The quantitative estimate of drug-likeness (QED) is 0.526. The Bertz CT molecular complexity index is 768. The van der Waals surface area contributed by atoms with E-state index < -0.39 is 23.7 Å². The van der Waals surface area contributed by atoms with Gasteiger partial charge in [0.25, 0.3) is 0 Å². The van der Waals surface area contributed by atoms with Gasteiger partial charge in [-0.1, -0.05) is 39.0 Å². The SMILES string of the molecule is CC[C@H]1OC(=O)[C@@H](OC)C[C@H]2C=C[C@@H]3C[C@]2(O[C@H]3[C@H](C#N)C(C)[C@H](C)O)/C(C)=C/[C@H]1C. The van der Waals surface area contributed by atoms with Gasteiger partial charge in [0, 0.05) is 30.8 Å². The van der Waals surface area contributed by atoms with Crippen LogP contribution in [0.3, 0.4) is 0 Å². The van der Waals surface area contributed by atoms with Crippen LogP contribution in [0.15, 0.2) is 23.8 Å². The van der Waals surface area contributed by atoms with Crippen molar-refractivity contribution in [3.63, 3.8) is 0 Å². The maximum atomic E-state index is 12.8. The van der Waals surface area contributed by atoms with Crippen molar-refractivity contribution >= 4 is 5.97 Å². The number of hydrogen-bond donors (Lipinski definition) is 1. The summed E-state index contributed by atoms with van der Waals surface area (Å²) in [5.74, 6) is -0.874. The van der Waals surface area contributed by atoms with Crippen molar-refractivity contribution in [2.75, 3.05) is 7.11 Å². The number of fused-ring (bicyclic) bond motifs is 1. The summed E-state index contributed by atoms with van der Waals surface area (Å²) >= 11 is 0. The number of rotatable bonds is 5. The van der Waals surface area contributed by atoms with E-state index in [2.05, 4.69) is 38.1 Å². The molecule has 10 atom stereocenters. The van der Waals surface area contributed by atoms with E-state index in [0.717, 1.165) is 18.4 Å². The molecule has 2 heterocycles. The molecule has 0 aromatic rings. The highest BCUT2D eigenvalue weighted by Crippen LogP contribution is 2.53. The third-order valence-electron chi connectivity index (χ3n) is 7.78. The summed E-state index contributed by atoms with van der Waals surface area (Å²) in [6.45, 7) is 9.81. The molecule has 1 N–H and O–H groups in total. The summed E-state index contributed by atoms with van der Waals surface area (Å²) in [5, 5.41) is 20.1. The molecular formula is C25H37NO5. The summed E-state index contributed by atoms with van der Waals surface area (Å²) < 4.78 is 18.2. The van der Waals surface area contributed by atoms with Crippen molar-refractivity contribution in [1.82, 2.24) is 0 Å². The number of hydrogen-bond acceptors (Lipinski definition) is 6. The van der Waals surface area contributed by atoms with Gasteiger partial charge in [0.15, 0.2) is 6.10 Å². The average molecular weight is 432 g/mol. The number of nitrogens with zero attached hydrogens (tertiary/aromatic N) is 1. The first-order valence-corrected chi connectivity index (χ1v) is 11.5. The van der Waals surface area contributed by atoms with Gasteiger partial charge in [0.1, 0.15) is 6.10 Å². The van der Waals surface area contributed by atoms with Gasteiger partial charge in [-0.15, -0.1) is 0 Å². The van der Waals surface area contributed by atoms with E-state index in [1.165, 1.54) is 0 Å². The second-order valence-corrected chi connectivity index (χ2v) is 9.64. The summed E-state index contributed by atoms with van der Waals surface area (Å²) in [6.07, 6.45) is 6.62. The number of carbonyl (C=O) groups excluding carboxylic acids is 1. The number of carbonyl (C=O) groups is 1. The van der Waals surface area contributed by atoms with Crippen molar-refractivity contribution in [2.45, 2.75) is 83.9 Å². The Balaban J connectivity index is 2.04. The second-order valence-electron chi connectivity index (χ2n) is 9.64. The molecule has 1 spiro atoms. The van der Waals surface area contributed by atoms with E-state index in [-0.39, 0.29) is 41.8 Å². The Morgan fingerprint density at radius 1 is 1.39 bits per heavy atom. The van der Waals surface area contributed by atoms with Crippen LogP contribution in [0.25, 0.3) is 0 Å². The third kappa shape index (κ3) is 4.33. The monoisotopic (exact) mass is 431 g/mol. The Morgan fingerprint density at radius 3 is 2.68 bits per heavy atom. The lowest BCUT2D eigenvalue weighted by Gasteiger charge is -2.41. The molecule has 1 aliphatic carbocycles. The van der Waals surface area contributed by atoms with Gasteiger partial charge < -0.3 is 19.3 Å². The highest BCUT2D eigenvalue weighted by atomic mass is 16.6. The first kappa shape index (κ1) is 24.0. The molecule has 1 saturated heterocycles. The van der Waals surface area contributed by atoms with Crippen LogP contribution in [0.2, 0.25) is 0 Å². The molecule has 0 aromatic carbocycles. The third-order valence-corrected chi connectivity index (χ3v) is 7.78. The standard InChI is InChI=1S/C25H37NO5/c1-7-21-14(2)10-15(3)25-12-18(23(31-25)20(13-26)16(4)17(5)27)8-9-19(25)11-22(29-6)24(28)30-21/h8-10,14,16-23,27H,7,11-12H2,1-6H3/b15-10+/t14-,16?,17+,18-,19-,20-,21-,22+,23-,25+/m1/s1. The van der Waals surface area contributed by atoms with Gasteiger partial charge in [-0.25, -0.2) is 4.79 Å². The van der Waals surface area contributed by atoms with Crippen molar-refractivity contribution in [3.05, 3.63) is 23.8 Å². The van der Waals surface area contributed by atoms with E-state index in [1.54, 1.807) is 14.0 Å². The average Bonchev–Trinajstić information content (AvgIpc) is 3.05. The van der Waals surface area contributed by atoms with Crippen LogP contribution in [0.5, 0.6) is 0 Å². The van der Waals surface area contributed by atoms with Crippen LogP contribution in [-0.2, 0) is 19.0 Å². The number of aliphatic hydroxyl groups excluding tert-OH is 1. The van der Waals surface area contributed by atoms with E-state index in [4.69, 9.17) is 14.2 Å². The maximum Gasteiger partial charge on any atom is 0.335 e. The zero-order chi connectivity index (χ0) is 22.9. The number of ether oxygens (including phenoxy) is 3. The Labute approximate surface area is 186 Å². The number of nitriles is 1. The molecule has 0 amide bonds. The zero-order valence-electron chi connectivity index (χ0n) is 19.6. The molecular weight excluding hydrogens is 394 g/mol. The fourth-order valence-electron chi connectivity index (χ4n) is 5.59. The van der Waals surface area contributed by atoms with Crippen LogP contribution in [-0.4, -0.2) is 48.2 Å². The predicted octanol–water partition coefficient (Wildman–Crippen LogP) is 3.80. The summed E-state index contributed by atoms with van der Waals surface area (Å²) in [7, 11) is 1.54. The summed E-state index contributed by atoms with van der Waals surface area (Å²) in [4.78, 5) is 12.8. The smallest absolute Gasteiger partial charge is 0.335 e. The summed E-state index contributed by atoms with van der Waals surface area (Å²) in [6, 6.07) is 2.41. The molecule has 6 nitrogen and oxygen atoms in total. The number of cyclic esters (lactones) is 1. The molecule has 172 valence electrons. The van der Waals surface area contributed by atoms with Crippen LogP contribution < -0.4 is 0 Å². The lowest BCUT2D eigenvalue weighted by Crippen LogP contribution is -2.45. The van der Waals surface area contributed by atoms with Gasteiger partial charge in [-0.05, 0) is 38.7 Å². The van der Waals surface area contributed by atoms with Gasteiger partial charge in [-0.3, -0.25) is 0 Å². The van der Waals surface area contributed by atoms with Crippen molar-refractivity contribution in [3.8, 4) is 6.07 Å². The van der Waals surface area contributed by atoms with E-state index in [0.29, 0.717) is 6.42 Å². The normalized spacial score (nSPS) is 42.4. The van der Waals surface area contributed by atoms with E-state index >= 15 is 0 Å². The summed E-state index contributed by atoms with van der Waals surface area (Å²) in [5.41, 5.74) is 0.535. The highest BCUT2D eigenvalue weighted by Gasteiger charge is 2.56. The van der Waals surface area contributed by atoms with Gasteiger partial charge >= 0.3 is 5.97 Å². The molecule has 3 rings (SSSR count). The Morgan fingerprint density at radius 2 is 2.10 bits per heavy atom. The molecule has 1 unspecified atom stereocenters. The molecule has 2 aliphatic heterocycles. The number of methoxy groups -OCH3 is 1. The molecule has 6 heteroatoms. The number of aliphatic hydroxyl groups is 1. The minimum atomic E-state index is -0.666. The van der Waals surface area contributed by atoms with Crippen molar-refractivity contribution < 1.29 is 24.1 Å². The van der Waals surface area contributed by atoms with E-state index in [1.807, 2.05) is 13.8 Å². The molecule has 3 aliphatic rings. The molecule has 0 radical (unpaired) electrons. The molecule has 1 fully saturated rings. The predicted molar refractivity (Wildman–Crippen MR) is 117 cm³/mol. The first-order chi connectivity index (χ1) is 14.7. The first-order valence-electron chi connectivity index (χ1n) is 11.5. The lowest BCUT2D eigenvalue weighted by atomic mass is 9.69. The van der Waals surface area contributed by atoms with Crippen LogP contribution in [0, 0.1) is 40.9 Å². The van der Waals surface area contributed by atoms with Crippen LogP contribution in [0.4, 0.5) is 0 Å². The van der Waals surface area contributed by atoms with Crippen molar-refractivity contribution in [1.29, 1.82) is 5.26 Å². The molecule has 31 heavy (non-hydrogen) atoms. The van der Waals surface area contributed by atoms with Gasteiger partial charge in [-0.2, -0.15) is 5.26 Å². The number of esters is 1. The fraction of sp³-hybridized carbons (Fsp3) is 0.760. The van der Waals surface area contributed by atoms with Crippen LogP contribution in [0.1, 0.15) is 53.9 Å². The largest absolute Gasteiger partial charge is 0.460 e. The minimum absolute atomic E-state index is 0.0368. The topological polar surface area (TPSA) is 88.8 Å². The maximum absolute atomic E-state index is 12.8. The minimum Gasteiger partial charge on any atom is -0.460 e. The van der Waals surface area contributed by atoms with Gasteiger partial charge in [0.05, 0.1) is 29.8 Å².